The lowest BCUT2D eigenvalue weighted by Gasteiger charge is -2.08. The zero-order chi connectivity index (χ0) is 11.4. The monoisotopic (exact) mass is 222 g/mol. The summed E-state index contributed by atoms with van der Waals surface area (Å²) in [4.78, 5) is 12.2. The largest absolute Gasteiger partial charge is 0.356 e. The van der Waals surface area contributed by atoms with Crippen molar-refractivity contribution in [2.75, 3.05) is 0 Å². The van der Waals surface area contributed by atoms with Crippen LogP contribution in [0.1, 0.15) is 22.0 Å². The van der Waals surface area contributed by atoms with Gasteiger partial charge in [0, 0.05) is 5.56 Å². The van der Waals surface area contributed by atoms with Gasteiger partial charge in [0.1, 0.15) is 6.10 Å². The lowest BCUT2D eigenvalue weighted by Crippen LogP contribution is -2.07. The topological polar surface area (TPSA) is 29.6 Å². The first-order chi connectivity index (χ1) is 8.36. The molecular formula is C15H10O2. The van der Waals surface area contributed by atoms with Crippen molar-refractivity contribution in [1.82, 2.24) is 0 Å². The van der Waals surface area contributed by atoms with Crippen molar-refractivity contribution < 1.29 is 9.53 Å². The molecule has 17 heavy (non-hydrogen) atoms. The summed E-state index contributed by atoms with van der Waals surface area (Å²) >= 11 is 0. The molecule has 2 nitrogen and oxygen atoms in total. The van der Waals surface area contributed by atoms with Crippen LogP contribution < -0.4 is 0 Å². The Bertz CT molecular complexity index is 630. The number of ether oxygens (including phenoxy) is 1. The Morgan fingerprint density at radius 3 is 2.24 bits per heavy atom. The van der Waals surface area contributed by atoms with Crippen LogP contribution in [0.5, 0.6) is 0 Å². The van der Waals surface area contributed by atoms with E-state index in [-0.39, 0.29) is 18.0 Å². The fourth-order valence-corrected chi connectivity index (χ4v) is 2.62. The van der Waals surface area contributed by atoms with Crippen LogP contribution in [0, 0.1) is 0 Å². The van der Waals surface area contributed by atoms with Crippen LogP contribution in [-0.2, 0) is 4.74 Å². The minimum Gasteiger partial charge on any atom is -0.356 e. The van der Waals surface area contributed by atoms with Crippen molar-refractivity contribution >= 4 is 5.78 Å². The standard InChI is InChI=1S/C15H10O2/c16-13-11-7-3-1-5-9(11)10-6-2-4-8-12(10)14-15(13)17-14/h1-8,14-15H. The molecule has 0 amide bonds. The number of hydrogen-bond donors (Lipinski definition) is 0. The van der Waals surface area contributed by atoms with Gasteiger partial charge in [-0.25, -0.2) is 0 Å². The molecule has 2 unspecified atom stereocenters. The van der Waals surface area contributed by atoms with Gasteiger partial charge in [0.25, 0.3) is 0 Å². The van der Waals surface area contributed by atoms with Crippen LogP contribution in [0.25, 0.3) is 11.1 Å². The van der Waals surface area contributed by atoms with Gasteiger partial charge in [-0.3, -0.25) is 4.79 Å². The van der Waals surface area contributed by atoms with Gasteiger partial charge in [-0.2, -0.15) is 0 Å². The summed E-state index contributed by atoms with van der Waals surface area (Å²) in [7, 11) is 0. The molecule has 2 aromatic rings. The molecular weight excluding hydrogens is 212 g/mol. The Hall–Kier alpha value is -1.93. The molecule has 0 aromatic heterocycles. The van der Waals surface area contributed by atoms with Crippen LogP contribution in [0.3, 0.4) is 0 Å². The number of hydrogen-bond acceptors (Lipinski definition) is 2. The van der Waals surface area contributed by atoms with Crippen molar-refractivity contribution in [3.8, 4) is 11.1 Å². The highest BCUT2D eigenvalue weighted by Gasteiger charge is 2.49. The molecule has 2 atom stereocenters. The summed E-state index contributed by atoms with van der Waals surface area (Å²) < 4.78 is 5.50. The number of benzene rings is 2. The first-order valence-electron chi connectivity index (χ1n) is 5.74. The first kappa shape index (κ1) is 9.14. The zero-order valence-electron chi connectivity index (χ0n) is 9.09. The van der Waals surface area contributed by atoms with E-state index < -0.39 is 0 Å². The fraction of sp³-hybridized carbons (Fsp3) is 0.133. The average Bonchev–Trinajstić information content (AvgIpc) is 3.18. The van der Waals surface area contributed by atoms with Crippen LogP contribution in [0.15, 0.2) is 48.5 Å². The molecule has 2 heteroatoms. The highest BCUT2D eigenvalue weighted by atomic mass is 16.6. The summed E-state index contributed by atoms with van der Waals surface area (Å²) in [5.74, 6) is 0.113. The third kappa shape index (κ3) is 1.16. The third-order valence-corrected chi connectivity index (χ3v) is 3.50. The smallest absolute Gasteiger partial charge is 0.195 e. The quantitative estimate of drug-likeness (QED) is 0.641. The molecule has 2 aliphatic rings. The lowest BCUT2D eigenvalue weighted by molar-refractivity contribution is 0.0954. The Morgan fingerprint density at radius 1 is 0.765 bits per heavy atom. The van der Waals surface area contributed by atoms with Gasteiger partial charge in [-0.15, -0.1) is 0 Å². The predicted molar refractivity (Wildman–Crippen MR) is 63.8 cm³/mol. The van der Waals surface area contributed by atoms with Gasteiger partial charge in [-0.1, -0.05) is 48.5 Å². The van der Waals surface area contributed by atoms with Crippen molar-refractivity contribution in [2.45, 2.75) is 12.2 Å². The SMILES string of the molecule is O=C1c2ccccc2-c2ccccc2C2OC12. The maximum Gasteiger partial charge on any atom is 0.195 e. The molecule has 2 aromatic carbocycles. The number of epoxide rings is 1. The predicted octanol–water partition coefficient (Wildman–Crippen LogP) is 2.99. The van der Waals surface area contributed by atoms with Crippen LogP contribution in [0.4, 0.5) is 0 Å². The van der Waals surface area contributed by atoms with Crippen molar-refractivity contribution in [2.24, 2.45) is 0 Å². The molecule has 1 fully saturated rings. The number of Topliss-reactive ketones (excluding diaryl/α,β-unsaturated/α-hetero) is 1. The summed E-state index contributed by atoms with van der Waals surface area (Å²) in [5, 5.41) is 0. The van der Waals surface area contributed by atoms with Crippen LogP contribution in [-0.4, -0.2) is 11.9 Å². The second-order valence-electron chi connectivity index (χ2n) is 4.47. The van der Waals surface area contributed by atoms with Crippen molar-refractivity contribution in [3.63, 3.8) is 0 Å². The normalized spacial score (nSPS) is 24.4. The summed E-state index contributed by atoms with van der Waals surface area (Å²) in [6, 6.07) is 15.9. The van der Waals surface area contributed by atoms with E-state index in [0.717, 1.165) is 22.3 Å². The fourth-order valence-electron chi connectivity index (χ4n) is 2.62. The van der Waals surface area contributed by atoms with E-state index in [9.17, 15) is 4.79 Å². The number of carbonyl (C=O) groups excluding carboxylic acids is 1. The van der Waals surface area contributed by atoms with E-state index in [4.69, 9.17) is 4.74 Å². The molecule has 1 saturated heterocycles. The van der Waals surface area contributed by atoms with Gasteiger partial charge >= 0.3 is 0 Å². The van der Waals surface area contributed by atoms with E-state index in [0.29, 0.717) is 0 Å². The second-order valence-corrected chi connectivity index (χ2v) is 4.47. The van der Waals surface area contributed by atoms with Gasteiger partial charge in [0.05, 0.1) is 0 Å². The second kappa shape index (κ2) is 3.05. The Morgan fingerprint density at radius 2 is 1.41 bits per heavy atom. The molecule has 0 saturated carbocycles. The highest BCUT2D eigenvalue weighted by molar-refractivity contribution is 6.08. The van der Waals surface area contributed by atoms with Crippen LogP contribution >= 0.6 is 0 Å². The van der Waals surface area contributed by atoms with E-state index >= 15 is 0 Å². The van der Waals surface area contributed by atoms with Crippen molar-refractivity contribution in [1.29, 1.82) is 0 Å². The maximum atomic E-state index is 12.2. The molecule has 0 N–H and O–H groups in total. The minimum atomic E-state index is -0.264. The van der Waals surface area contributed by atoms with Gasteiger partial charge in [-0.05, 0) is 16.7 Å². The molecule has 82 valence electrons. The lowest BCUT2D eigenvalue weighted by atomic mass is 9.96. The molecule has 1 heterocycles. The third-order valence-electron chi connectivity index (χ3n) is 3.50. The summed E-state index contributed by atoms with van der Waals surface area (Å²) in [6.45, 7) is 0. The van der Waals surface area contributed by atoms with Gasteiger partial charge in [0.2, 0.25) is 0 Å². The Balaban J connectivity index is 2.08. The van der Waals surface area contributed by atoms with Crippen LogP contribution in [0.2, 0.25) is 0 Å². The van der Waals surface area contributed by atoms with E-state index in [1.807, 2.05) is 36.4 Å². The Kier molecular flexibility index (Phi) is 1.64. The molecule has 0 spiro atoms. The number of fused-ring (bicyclic) bond motifs is 5. The minimum absolute atomic E-state index is 0.0360. The van der Waals surface area contributed by atoms with E-state index in [1.165, 1.54) is 0 Å². The average molecular weight is 222 g/mol. The van der Waals surface area contributed by atoms with Gasteiger partial charge < -0.3 is 4.74 Å². The molecule has 4 rings (SSSR count). The maximum absolute atomic E-state index is 12.2. The molecule has 1 aliphatic carbocycles. The van der Waals surface area contributed by atoms with Gasteiger partial charge in [0.15, 0.2) is 11.9 Å². The Labute approximate surface area is 98.8 Å². The highest BCUT2D eigenvalue weighted by Crippen LogP contribution is 2.48. The van der Waals surface area contributed by atoms with E-state index in [1.54, 1.807) is 0 Å². The zero-order valence-corrected chi connectivity index (χ0v) is 9.09. The molecule has 1 aliphatic heterocycles. The summed E-state index contributed by atoms with van der Waals surface area (Å²) in [6.07, 6.45) is -0.300. The first-order valence-corrected chi connectivity index (χ1v) is 5.74. The van der Waals surface area contributed by atoms with Crippen molar-refractivity contribution in [3.05, 3.63) is 59.7 Å². The molecule has 0 radical (unpaired) electrons. The number of ketones is 1. The number of rotatable bonds is 0. The molecule has 0 bridgehead atoms. The van der Waals surface area contributed by atoms with E-state index in [2.05, 4.69) is 12.1 Å². The summed E-state index contributed by atoms with van der Waals surface area (Å²) in [5.41, 5.74) is 4.08. The number of carbonyl (C=O) groups is 1.